The minimum atomic E-state index is -1.15. The van der Waals surface area contributed by atoms with E-state index in [9.17, 15) is 14.4 Å². The fourth-order valence-electron chi connectivity index (χ4n) is 3.54. The molecule has 3 aliphatic rings. The van der Waals surface area contributed by atoms with Crippen LogP contribution < -0.4 is 10.8 Å². The average molecular weight is 356 g/mol. The van der Waals surface area contributed by atoms with E-state index in [1.54, 1.807) is 0 Å². The molecule has 10 heteroatoms. The van der Waals surface area contributed by atoms with Crippen LogP contribution in [0.25, 0.3) is 0 Å². The number of carbonyl (C=O) groups is 3. The molecule has 3 fully saturated rings. The Kier molecular flexibility index (Phi) is 5.71. The van der Waals surface area contributed by atoms with Gasteiger partial charge in [0, 0.05) is 12.6 Å². The SMILES string of the molecule is O=C(O)CON1C(=O)N2CC1CCC2C(=O)NOC[C@H]1CCCCN1. The Morgan fingerprint density at radius 3 is 2.84 bits per heavy atom. The Hall–Kier alpha value is -1.91. The molecule has 0 aromatic rings. The second-order valence-corrected chi connectivity index (χ2v) is 6.60. The van der Waals surface area contributed by atoms with E-state index >= 15 is 0 Å². The largest absolute Gasteiger partial charge is 0.479 e. The molecule has 10 nitrogen and oxygen atoms in total. The van der Waals surface area contributed by atoms with Crippen LogP contribution in [0.4, 0.5) is 4.79 Å². The molecule has 0 aromatic carbocycles. The van der Waals surface area contributed by atoms with Gasteiger partial charge in [-0.25, -0.2) is 15.1 Å². The van der Waals surface area contributed by atoms with Crippen molar-refractivity contribution in [2.75, 3.05) is 26.3 Å². The number of carbonyl (C=O) groups excluding carboxylic acids is 2. The number of hydrogen-bond acceptors (Lipinski definition) is 6. The lowest BCUT2D eigenvalue weighted by Crippen LogP contribution is -2.50. The van der Waals surface area contributed by atoms with Crippen LogP contribution in [0.15, 0.2) is 0 Å². The summed E-state index contributed by atoms with van der Waals surface area (Å²) in [6, 6.07) is -1.08. The van der Waals surface area contributed by atoms with Gasteiger partial charge in [0.05, 0.1) is 12.6 Å². The zero-order chi connectivity index (χ0) is 17.8. The normalized spacial score (nSPS) is 29.0. The number of hydroxylamine groups is 3. The van der Waals surface area contributed by atoms with Crippen LogP contribution in [-0.4, -0.2) is 77.4 Å². The van der Waals surface area contributed by atoms with Gasteiger partial charge >= 0.3 is 12.0 Å². The number of aliphatic carboxylic acids is 1. The number of nitrogens with zero attached hydrogens (tertiary/aromatic N) is 2. The van der Waals surface area contributed by atoms with Crippen LogP contribution in [0, 0.1) is 0 Å². The van der Waals surface area contributed by atoms with E-state index < -0.39 is 24.6 Å². The molecule has 0 saturated carbocycles. The maximum absolute atomic E-state index is 12.3. The maximum atomic E-state index is 12.3. The van der Waals surface area contributed by atoms with Crippen molar-refractivity contribution in [3.05, 3.63) is 0 Å². The van der Waals surface area contributed by atoms with Crippen LogP contribution in [0.2, 0.25) is 0 Å². The maximum Gasteiger partial charge on any atom is 0.345 e. The van der Waals surface area contributed by atoms with Gasteiger partial charge in [0.15, 0.2) is 6.61 Å². The summed E-state index contributed by atoms with van der Waals surface area (Å²) in [7, 11) is 0. The van der Waals surface area contributed by atoms with Crippen LogP contribution in [-0.2, 0) is 19.3 Å². The fourth-order valence-corrected chi connectivity index (χ4v) is 3.54. The highest BCUT2D eigenvalue weighted by Crippen LogP contribution is 2.30. The predicted octanol–water partition coefficient (Wildman–Crippen LogP) is -0.539. The fraction of sp³-hybridized carbons (Fsp3) is 0.800. The monoisotopic (exact) mass is 356 g/mol. The number of piperidine rings is 2. The average Bonchev–Trinajstić information content (AvgIpc) is 2.84. The van der Waals surface area contributed by atoms with Gasteiger partial charge in [0.1, 0.15) is 6.04 Å². The van der Waals surface area contributed by atoms with Crippen molar-refractivity contribution in [1.29, 1.82) is 0 Å². The van der Waals surface area contributed by atoms with Crippen molar-refractivity contribution in [2.45, 2.75) is 50.2 Å². The van der Waals surface area contributed by atoms with Crippen LogP contribution in [0.1, 0.15) is 32.1 Å². The van der Waals surface area contributed by atoms with Crippen molar-refractivity contribution < 1.29 is 29.2 Å². The first-order valence-corrected chi connectivity index (χ1v) is 8.66. The van der Waals surface area contributed by atoms with Gasteiger partial charge in [0.25, 0.3) is 5.91 Å². The number of carboxylic acid groups (broad SMARTS) is 1. The summed E-state index contributed by atoms with van der Waals surface area (Å²) in [6.07, 6.45) is 4.38. The summed E-state index contributed by atoms with van der Waals surface area (Å²) in [6.45, 7) is 1.12. The standard InChI is InChI=1S/C15H24N4O6/c20-13(21)9-25-19-11-4-5-12(18(7-11)15(19)23)14(22)17-24-8-10-3-1-2-6-16-10/h10-12,16H,1-9H2,(H,17,22)(H,20,21)/t10-,11?,12?/m1/s1. The first-order chi connectivity index (χ1) is 12.1. The number of rotatable bonds is 7. The van der Waals surface area contributed by atoms with Crippen molar-refractivity contribution in [3.8, 4) is 0 Å². The van der Waals surface area contributed by atoms with Gasteiger partial charge in [0.2, 0.25) is 0 Å². The molecule has 3 atom stereocenters. The van der Waals surface area contributed by atoms with Gasteiger partial charge in [-0.2, -0.15) is 5.06 Å². The third-order valence-corrected chi connectivity index (χ3v) is 4.82. The quantitative estimate of drug-likeness (QED) is 0.524. The Balaban J connectivity index is 1.47. The van der Waals surface area contributed by atoms with Crippen molar-refractivity contribution >= 4 is 17.9 Å². The Bertz CT molecular complexity index is 524. The van der Waals surface area contributed by atoms with Gasteiger partial charge < -0.3 is 15.3 Å². The molecule has 3 N–H and O–H groups in total. The van der Waals surface area contributed by atoms with Crippen LogP contribution in [0.5, 0.6) is 0 Å². The van der Waals surface area contributed by atoms with Gasteiger partial charge in [-0.05, 0) is 32.2 Å². The van der Waals surface area contributed by atoms with Crippen molar-refractivity contribution in [1.82, 2.24) is 20.8 Å². The Labute approximate surface area is 145 Å². The lowest BCUT2D eigenvalue weighted by molar-refractivity contribution is -0.167. The van der Waals surface area contributed by atoms with Crippen molar-refractivity contribution in [3.63, 3.8) is 0 Å². The Morgan fingerprint density at radius 1 is 1.28 bits per heavy atom. The first-order valence-electron chi connectivity index (χ1n) is 8.66. The highest BCUT2D eigenvalue weighted by molar-refractivity contribution is 5.88. The summed E-state index contributed by atoms with van der Waals surface area (Å²) in [5.41, 5.74) is 2.44. The van der Waals surface area contributed by atoms with E-state index in [2.05, 4.69) is 10.8 Å². The topological polar surface area (TPSA) is 120 Å². The number of nitrogens with one attached hydrogen (secondary N) is 2. The summed E-state index contributed by atoms with van der Waals surface area (Å²) in [4.78, 5) is 47.1. The molecule has 140 valence electrons. The molecular weight excluding hydrogens is 332 g/mol. The zero-order valence-electron chi connectivity index (χ0n) is 14.0. The molecule has 25 heavy (non-hydrogen) atoms. The Morgan fingerprint density at radius 2 is 2.12 bits per heavy atom. The lowest BCUT2D eigenvalue weighted by atomic mass is 10.0. The number of hydrogen-bond donors (Lipinski definition) is 3. The molecule has 3 aliphatic heterocycles. The van der Waals surface area contributed by atoms with E-state index in [1.165, 1.54) is 4.90 Å². The highest BCUT2D eigenvalue weighted by Gasteiger charge is 2.48. The third-order valence-electron chi connectivity index (χ3n) is 4.82. The second kappa shape index (κ2) is 7.98. The first kappa shape index (κ1) is 17.9. The van der Waals surface area contributed by atoms with Gasteiger partial charge in [-0.1, -0.05) is 6.42 Å². The molecule has 0 aromatic heterocycles. The minimum absolute atomic E-state index is 0.219. The van der Waals surface area contributed by atoms with E-state index in [0.717, 1.165) is 30.9 Å². The predicted molar refractivity (Wildman–Crippen MR) is 84.1 cm³/mol. The molecule has 2 unspecified atom stereocenters. The molecule has 3 amide bonds. The molecule has 3 saturated heterocycles. The summed E-state index contributed by atoms with van der Waals surface area (Å²) >= 11 is 0. The number of urea groups is 1. The second-order valence-electron chi connectivity index (χ2n) is 6.60. The third kappa shape index (κ3) is 4.20. The summed E-state index contributed by atoms with van der Waals surface area (Å²) in [5.74, 6) is -1.51. The molecule has 2 bridgehead atoms. The zero-order valence-corrected chi connectivity index (χ0v) is 14.0. The van der Waals surface area contributed by atoms with E-state index in [4.69, 9.17) is 14.8 Å². The minimum Gasteiger partial charge on any atom is -0.479 e. The van der Waals surface area contributed by atoms with E-state index in [-0.39, 0.29) is 18.0 Å². The molecular formula is C15H24N4O6. The highest BCUT2D eigenvalue weighted by atomic mass is 16.7. The summed E-state index contributed by atoms with van der Waals surface area (Å²) < 4.78 is 0. The molecule has 0 radical (unpaired) electrons. The van der Waals surface area contributed by atoms with Crippen molar-refractivity contribution in [2.24, 2.45) is 0 Å². The lowest BCUT2D eigenvalue weighted by Gasteiger charge is -2.29. The van der Waals surface area contributed by atoms with Gasteiger partial charge in [-0.3, -0.25) is 14.5 Å². The van der Waals surface area contributed by atoms with E-state index in [1.807, 2.05) is 0 Å². The molecule has 0 spiro atoms. The number of amides is 3. The van der Waals surface area contributed by atoms with Crippen LogP contribution >= 0.6 is 0 Å². The number of carboxylic acids is 1. The number of fused-ring (bicyclic) bond motifs is 2. The molecule has 3 rings (SSSR count). The van der Waals surface area contributed by atoms with E-state index in [0.29, 0.717) is 26.0 Å². The summed E-state index contributed by atoms with van der Waals surface area (Å²) in [5, 5.41) is 13.1. The van der Waals surface area contributed by atoms with Gasteiger partial charge in [-0.15, -0.1) is 0 Å². The van der Waals surface area contributed by atoms with Crippen LogP contribution in [0.3, 0.4) is 0 Å². The molecule has 3 heterocycles. The molecule has 0 aliphatic carbocycles. The smallest absolute Gasteiger partial charge is 0.345 e.